The zero-order chi connectivity index (χ0) is 21.9. The molecule has 0 unspecified atom stereocenters. The number of likely N-dealkylation sites (tertiary alicyclic amines) is 1. The van der Waals surface area contributed by atoms with Crippen molar-refractivity contribution in [3.8, 4) is 11.8 Å². The molecule has 1 aromatic carbocycles. The number of nitriles is 1. The van der Waals surface area contributed by atoms with Gasteiger partial charge >= 0.3 is 5.97 Å². The van der Waals surface area contributed by atoms with Crippen molar-refractivity contribution in [2.24, 2.45) is 5.92 Å². The molecule has 0 spiro atoms. The molecule has 0 bridgehead atoms. The average molecular weight is 415 g/mol. The Labute approximate surface area is 177 Å². The summed E-state index contributed by atoms with van der Waals surface area (Å²) in [7, 11) is 1.55. The second-order valence-electron chi connectivity index (χ2n) is 7.14. The summed E-state index contributed by atoms with van der Waals surface area (Å²) in [5.74, 6) is -0.969. The van der Waals surface area contributed by atoms with Crippen molar-refractivity contribution < 1.29 is 23.9 Å². The number of unbranched alkanes of at least 4 members (excludes halogenated alkanes) is 1. The predicted molar refractivity (Wildman–Crippen MR) is 109 cm³/mol. The van der Waals surface area contributed by atoms with Crippen LogP contribution in [0.15, 0.2) is 24.3 Å². The van der Waals surface area contributed by atoms with Crippen LogP contribution in [0.4, 0.5) is 0 Å². The number of esters is 1. The van der Waals surface area contributed by atoms with Crippen LogP contribution < -0.4 is 10.1 Å². The topological polar surface area (TPSA) is 109 Å². The van der Waals surface area contributed by atoms with E-state index in [1.54, 1.807) is 18.1 Å². The van der Waals surface area contributed by atoms with E-state index in [0.29, 0.717) is 18.7 Å². The van der Waals surface area contributed by atoms with Gasteiger partial charge in [-0.2, -0.15) is 5.26 Å². The Bertz CT molecular complexity index is 789. The molecular weight excluding hydrogens is 386 g/mol. The van der Waals surface area contributed by atoms with Gasteiger partial charge in [0.05, 0.1) is 31.6 Å². The standard InChI is InChI=1S/C22H29N3O5/c1-3-4-14-25-20(27)11-10-17(21(25)16-8-5-6-9-18(16)29-2)22(28)30-15-19(26)24-13-7-12-23/h5-6,8-9,17,21H,3-4,7,10-11,13-15H2,1-2H3,(H,24,26)/t17-,21-/m1/s1. The predicted octanol–water partition coefficient (Wildman–Crippen LogP) is 2.35. The Kier molecular flexibility index (Phi) is 9.13. The van der Waals surface area contributed by atoms with E-state index < -0.39 is 30.4 Å². The van der Waals surface area contributed by atoms with Crippen LogP contribution in [0.5, 0.6) is 5.75 Å². The molecule has 0 radical (unpaired) electrons. The van der Waals surface area contributed by atoms with E-state index in [-0.39, 0.29) is 25.3 Å². The van der Waals surface area contributed by atoms with Gasteiger partial charge in [0.25, 0.3) is 5.91 Å². The molecule has 1 heterocycles. The number of nitrogens with one attached hydrogen (secondary N) is 1. The van der Waals surface area contributed by atoms with Crippen LogP contribution in [-0.4, -0.2) is 49.5 Å². The summed E-state index contributed by atoms with van der Waals surface area (Å²) in [6.07, 6.45) is 2.52. The van der Waals surface area contributed by atoms with Gasteiger partial charge in [-0.3, -0.25) is 14.4 Å². The summed E-state index contributed by atoms with van der Waals surface area (Å²) < 4.78 is 10.8. The highest BCUT2D eigenvalue weighted by atomic mass is 16.5. The molecule has 1 aromatic rings. The van der Waals surface area contributed by atoms with Crippen LogP contribution in [0.3, 0.4) is 0 Å². The van der Waals surface area contributed by atoms with Crippen molar-refractivity contribution >= 4 is 17.8 Å². The maximum atomic E-state index is 12.9. The van der Waals surface area contributed by atoms with E-state index in [1.807, 2.05) is 31.2 Å². The molecule has 1 fully saturated rings. The lowest BCUT2D eigenvalue weighted by Gasteiger charge is -2.40. The van der Waals surface area contributed by atoms with Gasteiger partial charge < -0.3 is 19.7 Å². The third kappa shape index (κ3) is 5.96. The third-order valence-electron chi connectivity index (χ3n) is 5.12. The number of carbonyl (C=O) groups excluding carboxylic acids is 3. The molecule has 1 saturated heterocycles. The smallest absolute Gasteiger partial charge is 0.311 e. The molecule has 0 aromatic heterocycles. The van der Waals surface area contributed by atoms with E-state index in [0.717, 1.165) is 18.4 Å². The summed E-state index contributed by atoms with van der Waals surface area (Å²) in [5, 5.41) is 11.0. The first-order valence-corrected chi connectivity index (χ1v) is 10.3. The van der Waals surface area contributed by atoms with E-state index in [4.69, 9.17) is 14.7 Å². The summed E-state index contributed by atoms with van der Waals surface area (Å²) in [6.45, 7) is 2.38. The largest absolute Gasteiger partial charge is 0.496 e. The van der Waals surface area contributed by atoms with Gasteiger partial charge in [-0.1, -0.05) is 31.5 Å². The molecule has 1 N–H and O–H groups in total. The summed E-state index contributed by atoms with van der Waals surface area (Å²) in [5.41, 5.74) is 0.754. The number of amides is 2. The van der Waals surface area contributed by atoms with Crippen molar-refractivity contribution in [2.45, 2.75) is 45.1 Å². The normalized spacial score (nSPS) is 18.4. The molecule has 1 aliphatic heterocycles. The molecular formula is C22H29N3O5. The van der Waals surface area contributed by atoms with E-state index in [1.165, 1.54) is 0 Å². The highest BCUT2D eigenvalue weighted by molar-refractivity contribution is 5.84. The van der Waals surface area contributed by atoms with Gasteiger partial charge in [-0.15, -0.1) is 0 Å². The molecule has 1 aliphatic rings. The molecule has 0 aliphatic carbocycles. The maximum absolute atomic E-state index is 12.9. The van der Waals surface area contributed by atoms with Gasteiger partial charge in [0, 0.05) is 25.1 Å². The second-order valence-corrected chi connectivity index (χ2v) is 7.14. The lowest BCUT2D eigenvalue weighted by Crippen LogP contribution is -2.46. The fourth-order valence-corrected chi connectivity index (χ4v) is 3.64. The van der Waals surface area contributed by atoms with Crippen LogP contribution in [-0.2, 0) is 19.1 Å². The quantitative estimate of drug-likeness (QED) is 0.464. The first-order chi connectivity index (χ1) is 14.5. The van der Waals surface area contributed by atoms with Crippen LogP contribution in [0.1, 0.15) is 50.6 Å². The zero-order valence-electron chi connectivity index (χ0n) is 17.6. The van der Waals surface area contributed by atoms with Crippen molar-refractivity contribution in [1.82, 2.24) is 10.2 Å². The zero-order valence-corrected chi connectivity index (χ0v) is 17.6. The average Bonchev–Trinajstić information content (AvgIpc) is 2.76. The number of methoxy groups -OCH3 is 1. The minimum Gasteiger partial charge on any atom is -0.496 e. The minimum atomic E-state index is -0.595. The molecule has 2 rings (SSSR count). The molecule has 8 heteroatoms. The lowest BCUT2D eigenvalue weighted by atomic mass is 9.83. The number of ether oxygens (including phenoxy) is 2. The van der Waals surface area contributed by atoms with Crippen LogP contribution >= 0.6 is 0 Å². The minimum absolute atomic E-state index is 0.00217. The van der Waals surface area contributed by atoms with Crippen LogP contribution in [0, 0.1) is 17.2 Å². The monoisotopic (exact) mass is 415 g/mol. The Morgan fingerprint density at radius 3 is 2.80 bits per heavy atom. The Morgan fingerprint density at radius 2 is 2.10 bits per heavy atom. The number of piperidine rings is 1. The first-order valence-electron chi connectivity index (χ1n) is 10.3. The third-order valence-corrected chi connectivity index (χ3v) is 5.12. The van der Waals surface area contributed by atoms with E-state index in [2.05, 4.69) is 5.32 Å². The Morgan fingerprint density at radius 1 is 1.33 bits per heavy atom. The molecule has 162 valence electrons. The maximum Gasteiger partial charge on any atom is 0.311 e. The Hall–Kier alpha value is -3.08. The van der Waals surface area contributed by atoms with Crippen LogP contribution in [0.2, 0.25) is 0 Å². The molecule has 2 atom stereocenters. The number of hydrogen-bond donors (Lipinski definition) is 1. The highest BCUT2D eigenvalue weighted by Crippen LogP contribution is 2.41. The summed E-state index contributed by atoms with van der Waals surface area (Å²) in [6, 6.07) is 8.76. The van der Waals surface area contributed by atoms with Gasteiger partial charge in [-0.25, -0.2) is 0 Å². The van der Waals surface area contributed by atoms with E-state index >= 15 is 0 Å². The molecule has 30 heavy (non-hydrogen) atoms. The van der Waals surface area contributed by atoms with Gasteiger partial charge in [0.1, 0.15) is 5.75 Å². The first kappa shape index (κ1) is 23.2. The fraction of sp³-hybridized carbons (Fsp3) is 0.545. The van der Waals surface area contributed by atoms with Crippen molar-refractivity contribution in [1.29, 1.82) is 5.26 Å². The lowest BCUT2D eigenvalue weighted by molar-refractivity contribution is -0.160. The van der Waals surface area contributed by atoms with Gasteiger partial charge in [0.15, 0.2) is 6.61 Å². The van der Waals surface area contributed by atoms with Crippen LogP contribution in [0.25, 0.3) is 0 Å². The molecule has 2 amide bonds. The number of carbonyl (C=O) groups is 3. The Balaban J connectivity index is 2.22. The van der Waals surface area contributed by atoms with Gasteiger partial charge in [0.2, 0.25) is 5.91 Å². The number of rotatable bonds is 10. The fourth-order valence-electron chi connectivity index (χ4n) is 3.64. The van der Waals surface area contributed by atoms with Gasteiger partial charge in [-0.05, 0) is 18.9 Å². The molecule has 0 saturated carbocycles. The number of benzene rings is 1. The number of nitrogens with zero attached hydrogens (tertiary/aromatic N) is 2. The SMILES string of the molecule is CCCCN1C(=O)CC[C@@H](C(=O)OCC(=O)NCCC#N)[C@H]1c1ccccc1OC. The summed E-state index contributed by atoms with van der Waals surface area (Å²) >= 11 is 0. The van der Waals surface area contributed by atoms with Crippen molar-refractivity contribution in [2.75, 3.05) is 26.8 Å². The molecule has 8 nitrogen and oxygen atoms in total. The van der Waals surface area contributed by atoms with Crippen molar-refractivity contribution in [3.63, 3.8) is 0 Å². The van der Waals surface area contributed by atoms with E-state index in [9.17, 15) is 14.4 Å². The second kappa shape index (κ2) is 11.8. The van der Waals surface area contributed by atoms with Crippen molar-refractivity contribution in [3.05, 3.63) is 29.8 Å². The number of para-hydroxylation sites is 1. The highest BCUT2D eigenvalue weighted by Gasteiger charge is 2.42. The number of hydrogen-bond acceptors (Lipinski definition) is 6. The summed E-state index contributed by atoms with van der Waals surface area (Å²) in [4.78, 5) is 39.2.